The first-order valence-electron chi connectivity index (χ1n) is 6.03. The van der Waals surface area contributed by atoms with Gasteiger partial charge >= 0.3 is 5.97 Å². The fourth-order valence-electron chi connectivity index (χ4n) is 1.39. The zero-order valence-electron chi connectivity index (χ0n) is 10.1. The molecular formula is C13H22O3. The van der Waals surface area contributed by atoms with Crippen LogP contribution in [0, 0.1) is 11.8 Å². The number of ether oxygens (including phenoxy) is 1. The van der Waals surface area contributed by atoms with Crippen LogP contribution in [-0.2, 0) is 9.53 Å². The summed E-state index contributed by atoms with van der Waals surface area (Å²) in [6, 6.07) is 0. The van der Waals surface area contributed by atoms with Gasteiger partial charge in [0.2, 0.25) is 0 Å². The van der Waals surface area contributed by atoms with Gasteiger partial charge in [0.25, 0.3) is 0 Å². The Morgan fingerprint density at radius 1 is 1.12 bits per heavy atom. The molecule has 16 heavy (non-hydrogen) atoms. The molecule has 0 fully saturated rings. The first-order chi connectivity index (χ1) is 7.81. The second-order valence-corrected chi connectivity index (χ2v) is 3.58. The molecule has 0 aliphatic rings. The van der Waals surface area contributed by atoms with Crippen LogP contribution in [-0.4, -0.2) is 24.3 Å². The molecule has 92 valence electrons. The van der Waals surface area contributed by atoms with Crippen molar-refractivity contribution in [1.29, 1.82) is 0 Å². The van der Waals surface area contributed by atoms with Gasteiger partial charge in [-0.05, 0) is 19.8 Å². The molecule has 0 saturated carbocycles. The summed E-state index contributed by atoms with van der Waals surface area (Å²) in [5.41, 5.74) is 0. The minimum atomic E-state index is -0.0867. The number of rotatable bonds is 8. The maximum atomic E-state index is 11.0. The average Bonchev–Trinajstić information content (AvgIpc) is 2.27. The second-order valence-electron chi connectivity index (χ2n) is 3.58. The van der Waals surface area contributed by atoms with Crippen LogP contribution in [0.25, 0.3) is 0 Å². The van der Waals surface area contributed by atoms with Gasteiger partial charge in [-0.15, -0.1) is 5.92 Å². The number of esters is 1. The summed E-state index contributed by atoms with van der Waals surface area (Å²) in [6.07, 6.45) is 6.75. The van der Waals surface area contributed by atoms with E-state index in [9.17, 15) is 4.79 Å². The molecule has 3 heteroatoms. The predicted molar refractivity (Wildman–Crippen MR) is 63.8 cm³/mol. The lowest BCUT2D eigenvalue weighted by atomic mass is 10.1. The van der Waals surface area contributed by atoms with Crippen molar-refractivity contribution in [2.45, 2.75) is 51.9 Å². The number of carbonyl (C=O) groups is 1. The molecule has 0 radical (unpaired) electrons. The van der Waals surface area contributed by atoms with Gasteiger partial charge in [-0.3, -0.25) is 4.79 Å². The summed E-state index contributed by atoms with van der Waals surface area (Å²) in [5.74, 6) is 5.42. The zero-order valence-corrected chi connectivity index (χ0v) is 10.1. The lowest BCUT2D eigenvalue weighted by Gasteiger charge is -2.01. The van der Waals surface area contributed by atoms with E-state index < -0.39 is 0 Å². The van der Waals surface area contributed by atoms with Crippen LogP contribution in [0.5, 0.6) is 0 Å². The Morgan fingerprint density at radius 2 is 1.81 bits per heavy atom. The molecule has 0 aromatic carbocycles. The molecule has 0 aromatic heterocycles. The summed E-state index contributed by atoms with van der Waals surface area (Å²) in [6.45, 7) is 2.26. The maximum Gasteiger partial charge on any atom is 0.305 e. The molecule has 0 saturated heterocycles. The molecular weight excluding hydrogens is 204 g/mol. The smallest absolute Gasteiger partial charge is 0.305 e. The van der Waals surface area contributed by atoms with E-state index in [0.717, 1.165) is 38.5 Å². The number of carbonyl (C=O) groups excluding carboxylic acids is 1. The lowest BCUT2D eigenvalue weighted by Crippen LogP contribution is -2.03. The number of hydrogen-bond acceptors (Lipinski definition) is 3. The topological polar surface area (TPSA) is 46.5 Å². The number of aliphatic hydroxyl groups excluding tert-OH is 1. The Bertz CT molecular complexity index is 225. The fourth-order valence-corrected chi connectivity index (χ4v) is 1.39. The number of hydrogen-bond donors (Lipinski definition) is 1. The summed E-state index contributed by atoms with van der Waals surface area (Å²) >= 11 is 0. The van der Waals surface area contributed by atoms with E-state index in [1.165, 1.54) is 0 Å². The molecule has 0 amide bonds. The van der Waals surface area contributed by atoms with E-state index in [1.807, 2.05) is 6.92 Å². The van der Waals surface area contributed by atoms with E-state index in [1.54, 1.807) is 0 Å². The molecule has 0 unspecified atom stereocenters. The normalized spacial score (nSPS) is 9.38. The highest BCUT2D eigenvalue weighted by molar-refractivity contribution is 5.69. The van der Waals surface area contributed by atoms with E-state index >= 15 is 0 Å². The predicted octanol–water partition coefficient (Wildman–Crippen LogP) is 2.28. The zero-order chi connectivity index (χ0) is 12.1. The summed E-state index contributed by atoms with van der Waals surface area (Å²) < 4.78 is 4.83. The van der Waals surface area contributed by atoms with Crippen molar-refractivity contribution < 1.29 is 14.6 Å². The van der Waals surface area contributed by atoms with Crippen molar-refractivity contribution in [2.24, 2.45) is 0 Å². The summed E-state index contributed by atoms with van der Waals surface area (Å²) in [7, 11) is 0. The van der Waals surface area contributed by atoms with Crippen LogP contribution >= 0.6 is 0 Å². The first kappa shape index (κ1) is 15.0. The van der Waals surface area contributed by atoms with E-state index in [0.29, 0.717) is 13.0 Å². The Morgan fingerprint density at radius 3 is 2.50 bits per heavy atom. The highest BCUT2D eigenvalue weighted by Gasteiger charge is 1.99. The Hall–Kier alpha value is -1.01. The Kier molecular flexibility index (Phi) is 11.3. The van der Waals surface area contributed by atoms with Gasteiger partial charge in [-0.25, -0.2) is 0 Å². The molecule has 0 bridgehead atoms. The third-order valence-electron chi connectivity index (χ3n) is 2.19. The van der Waals surface area contributed by atoms with Gasteiger partial charge in [0, 0.05) is 12.8 Å². The monoisotopic (exact) mass is 226 g/mol. The van der Waals surface area contributed by atoms with Crippen LogP contribution in [0.1, 0.15) is 51.9 Å². The summed E-state index contributed by atoms with van der Waals surface area (Å²) in [5, 5.41) is 8.42. The van der Waals surface area contributed by atoms with E-state index in [4.69, 9.17) is 9.84 Å². The van der Waals surface area contributed by atoms with Gasteiger partial charge in [0.1, 0.15) is 6.61 Å². The van der Waals surface area contributed by atoms with Gasteiger partial charge in [-0.1, -0.05) is 25.2 Å². The molecule has 1 N–H and O–H groups in total. The molecule has 0 spiro atoms. The standard InChI is InChI=1S/C13H22O3/c1-2-16-13(15)11-9-7-5-3-4-6-8-10-12-14/h14H,2-7,9,11-12H2,1H3. The highest BCUT2D eigenvalue weighted by atomic mass is 16.5. The van der Waals surface area contributed by atoms with Gasteiger partial charge in [-0.2, -0.15) is 0 Å². The van der Waals surface area contributed by atoms with Crippen molar-refractivity contribution >= 4 is 5.97 Å². The third-order valence-corrected chi connectivity index (χ3v) is 2.19. The van der Waals surface area contributed by atoms with Gasteiger partial charge < -0.3 is 9.84 Å². The fraction of sp³-hybridized carbons (Fsp3) is 0.769. The second kappa shape index (κ2) is 12.1. The first-order valence-corrected chi connectivity index (χ1v) is 6.03. The van der Waals surface area contributed by atoms with Gasteiger partial charge in [0.05, 0.1) is 6.61 Å². The van der Waals surface area contributed by atoms with Crippen molar-refractivity contribution in [3.8, 4) is 11.8 Å². The highest BCUT2D eigenvalue weighted by Crippen LogP contribution is 2.07. The molecule has 0 rings (SSSR count). The lowest BCUT2D eigenvalue weighted by molar-refractivity contribution is -0.143. The van der Waals surface area contributed by atoms with Crippen molar-refractivity contribution in [3.63, 3.8) is 0 Å². The number of aliphatic hydroxyl groups is 1. The third kappa shape index (κ3) is 11.1. The summed E-state index contributed by atoms with van der Waals surface area (Å²) in [4.78, 5) is 11.0. The van der Waals surface area contributed by atoms with Crippen molar-refractivity contribution in [1.82, 2.24) is 0 Å². The molecule has 0 aliphatic carbocycles. The molecule has 0 atom stereocenters. The van der Waals surface area contributed by atoms with Crippen molar-refractivity contribution in [2.75, 3.05) is 13.2 Å². The van der Waals surface area contributed by atoms with Gasteiger partial charge in [0.15, 0.2) is 0 Å². The molecule has 0 heterocycles. The quantitative estimate of drug-likeness (QED) is 0.392. The van der Waals surface area contributed by atoms with Crippen LogP contribution in [0.4, 0.5) is 0 Å². The van der Waals surface area contributed by atoms with Crippen molar-refractivity contribution in [3.05, 3.63) is 0 Å². The maximum absolute atomic E-state index is 11.0. The van der Waals surface area contributed by atoms with Crippen LogP contribution in [0.2, 0.25) is 0 Å². The molecule has 0 aromatic rings. The Labute approximate surface area is 98.2 Å². The number of unbranched alkanes of at least 4 members (excludes halogenated alkanes) is 5. The molecule has 3 nitrogen and oxygen atoms in total. The SMILES string of the molecule is CCOC(=O)CCCCCCCC#CCO. The van der Waals surface area contributed by atoms with E-state index in [-0.39, 0.29) is 12.6 Å². The van der Waals surface area contributed by atoms with E-state index in [2.05, 4.69) is 11.8 Å². The van der Waals surface area contributed by atoms with Crippen LogP contribution in [0.3, 0.4) is 0 Å². The van der Waals surface area contributed by atoms with Crippen LogP contribution < -0.4 is 0 Å². The average molecular weight is 226 g/mol. The molecule has 0 aliphatic heterocycles. The minimum Gasteiger partial charge on any atom is -0.466 e. The minimum absolute atomic E-state index is 0.0421. The Balaban J connectivity index is 3.12. The van der Waals surface area contributed by atoms with Crippen LogP contribution in [0.15, 0.2) is 0 Å². The largest absolute Gasteiger partial charge is 0.466 e.